The van der Waals surface area contributed by atoms with E-state index in [1.165, 1.54) is 9.94 Å². The van der Waals surface area contributed by atoms with E-state index in [-0.39, 0.29) is 18.1 Å². The van der Waals surface area contributed by atoms with Gasteiger partial charge >= 0.3 is 0 Å². The van der Waals surface area contributed by atoms with Crippen LogP contribution in [0.5, 0.6) is 0 Å². The van der Waals surface area contributed by atoms with Crippen molar-refractivity contribution >= 4 is 17.2 Å². The maximum absolute atomic E-state index is 12.4. The van der Waals surface area contributed by atoms with Crippen molar-refractivity contribution in [2.45, 2.75) is 50.5 Å². The number of nitrogens with zero attached hydrogens (tertiary/aromatic N) is 2. The third-order valence-electron chi connectivity index (χ3n) is 4.88. The molecule has 0 radical (unpaired) electrons. The van der Waals surface area contributed by atoms with Gasteiger partial charge < -0.3 is 4.74 Å². The normalized spacial score (nSPS) is 32.4. The molecule has 0 aliphatic carbocycles. The van der Waals surface area contributed by atoms with Crippen LogP contribution in [0, 0.1) is 0 Å². The molecule has 0 saturated carbocycles. The molecule has 0 N–H and O–H groups in total. The molecule has 0 bridgehead atoms. The number of amides is 1. The molecule has 0 unspecified atom stereocenters. The highest BCUT2D eigenvalue weighted by atomic mass is 32.1. The molecule has 4 rings (SSSR count). The highest BCUT2D eigenvalue weighted by Gasteiger charge is 2.43. The predicted molar refractivity (Wildman–Crippen MR) is 83.3 cm³/mol. The maximum Gasteiger partial charge on any atom is 0.275 e. The first-order chi connectivity index (χ1) is 10.8. The minimum atomic E-state index is -0.305. The molecular formula is C16H22N2O3S. The number of ether oxygens (including phenoxy) is 1. The lowest BCUT2D eigenvalue weighted by molar-refractivity contribution is -0.189. The molecule has 0 aromatic carbocycles. The Balaban J connectivity index is 1.36. The van der Waals surface area contributed by atoms with Crippen molar-refractivity contribution in [1.29, 1.82) is 0 Å². The number of fused-ring (bicyclic) bond motifs is 1. The highest BCUT2D eigenvalue weighted by Crippen LogP contribution is 2.33. The number of hydrogen-bond acceptors (Lipinski definition) is 5. The van der Waals surface area contributed by atoms with E-state index in [4.69, 9.17) is 9.57 Å². The summed E-state index contributed by atoms with van der Waals surface area (Å²) in [4.78, 5) is 21.7. The second kappa shape index (κ2) is 6.28. The Morgan fingerprint density at radius 2 is 2.27 bits per heavy atom. The van der Waals surface area contributed by atoms with E-state index in [2.05, 4.69) is 22.4 Å². The van der Waals surface area contributed by atoms with E-state index in [0.29, 0.717) is 19.2 Å². The molecular weight excluding hydrogens is 300 g/mol. The summed E-state index contributed by atoms with van der Waals surface area (Å²) in [6.45, 7) is 3.43. The molecule has 3 aliphatic heterocycles. The first kappa shape index (κ1) is 14.6. The van der Waals surface area contributed by atoms with E-state index >= 15 is 0 Å². The van der Waals surface area contributed by atoms with Gasteiger partial charge in [0, 0.05) is 24.0 Å². The topological polar surface area (TPSA) is 42.0 Å². The molecule has 4 heterocycles. The van der Waals surface area contributed by atoms with Crippen LogP contribution in [-0.2, 0) is 20.9 Å². The van der Waals surface area contributed by atoms with Gasteiger partial charge in [-0.3, -0.25) is 14.5 Å². The highest BCUT2D eigenvalue weighted by molar-refractivity contribution is 7.09. The fourth-order valence-corrected chi connectivity index (χ4v) is 4.51. The van der Waals surface area contributed by atoms with Gasteiger partial charge in [0.15, 0.2) is 0 Å². The zero-order valence-electron chi connectivity index (χ0n) is 12.6. The molecule has 6 heteroatoms. The largest absolute Gasteiger partial charge is 0.363 e. The average molecular weight is 322 g/mol. The average Bonchev–Trinajstić information content (AvgIpc) is 3.29. The zero-order chi connectivity index (χ0) is 14.9. The number of likely N-dealkylation sites (tertiary alicyclic amines) is 1. The molecule has 3 aliphatic rings. The third-order valence-corrected chi connectivity index (χ3v) is 5.74. The molecule has 3 atom stereocenters. The fraction of sp³-hybridized carbons (Fsp3) is 0.688. The Morgan fingerprint density at radius 3 is 3.05 bits per heavy atom. The van der Waals surface area contributed by atoms with Crippen LogP contribution in [0.15, 0.2) is 17.5 Å². The van der Waals surface area contributed by atoms with Crippen LogP contribution in [0.3, 0.4) is 0 Å². The summed E-state index contributed by atoms with van der Waals surface area (Å²) in [5.74, 6) is 0.0210. The van der Waals surface area contributed by atoms with Gasteiger partial charge in [-0.15, -0.1) is 11.3 Å². The van der Waals surface area contributed by atoms with Crippen molar-refractivity contribution < 1.29 is 14.4 Å². The van der Waals surface area contributed by atoms with Crippen LogP contribution in [0.25, 0.3) is 0 Å². The number of rotatable bonds is 3. The maximum atomic E-state index is 12.4. The Bertz CT molecular complexity index is 515. The molecule has 1 aromatic rings. The van der Waals surface area contributed by atoms with Crippen LogP contribution in [0.2, 0.25) is 0 Å². The number of carbonyl (C=O) groups excluding carboxylic acids is 1. The quantitative estimate of drug-likeness (QED) is 0.854. The monoisotopic (exact) mass is 322 g/mol. The predicted octanol–water partition coefficient (Wildman–Crippen LogP) is 2.03. The summed E-state index contributed by atoms with van der Waals surface area (Å²) in [5, 5.41) is 3.63. The SMILES string of the molecule is O=C([C@@H]1CC[C@@H]2[C@@H](CCN2Cc2cccs2)O1)N1CCCO1. The Labute approximate surface area is 134 Å². The van der Waals surface area contributed by atoms with Crippen LogP contribution >= 0.6 is 11.3 Å². The van der Waals surface area contributed by atoms with E-state index in [9.17, 15) is 4.79 Å². The minimum Gasteiger partial charge on any atom is -0.363 e. The summed E-state index contributed by atoms with van der Waals surface area (Å²) >= 11 is 1.81. The van der Waals surface area contributed by atoms with Crippen molar-refractivity contribution in [3.63, 3.8) is 0 Å². The Morgan fingerprint density at radius 1 is 1.32 bits per heavy atom. The van der Waals surface area contributed by atoms with Crippen molar-refractivity contribution in [3.8, 4) is 0 Å². The van der Waals surface area contributed by atoms with E-state index < -0.39 is 0 Å². The standard InChI is InChI=1S/C16H22N2O3S/c19-16(18-7-2-9-20-18)15-5-4-13-14(21-15)6-8-17(13)11-12-3-1-10-22-12/h1,3,10,13-15H,2,4-9,11H2/t13-,14-,15+/m1/s1. The molecule has 1 amide bonds. The summed E-state index contributed by atoms with van der Waals surface area (Å²) in [5.41, 5.74) is 0. The Hall–Kier alpha value is -0.950. The van der Waals surface area contributed by atoms with Crippen molar-refractivity contribution in [3.05, 3.63) is 22.4 Å². The summed E-state index contributed by atoms with van der Waals surface area (Å²) < 4.78 is 6.12. The second-order valence-electron chi connectivity index (χ2n) is 6.27. The number of hydroxylamine groups is 2. The molecule has 0 spiro atoms. The molecule has 3 saturated heterocycles. The van der Waals surface area contributed by atoms with Gasteiger partial charge in [-0.1, -0.05) is 6.07 Å². The van der Waals surface area contributed by atoms with Gasteiger partial charge in [-0.2, -0.15) is 0 Å². The second-order valence-corrected chi connectivity index (χ2v) is 7.31. The molecule has 1 aromatic heterocycles. The first-order valence-corrected chi connectivity index (χ1v) is 9.05. The van der Waals surface area contributed by atoms with Gasteiger partial charge in [0.2, 0.25) is 0 Å². The molecule has 3 fully saturated rings. The number of thiophene rings is 1. The van der Waals surface area contributed by atoms with Gasteiger partial charge in [0.05, 0.1) is 19.3 Å². The van der Waals surface area contributed by atoms with E-state index in [1.807, 2.05) is 11.3 Å². The lowest BCUT2D eigenvalue weighted by atomic mass is 9.98. The van der Waals surface area contributed by atoms with E-state index in [0.717, 1.165) is 38.8 Å². The van der Waals surface area contributed by atoms with Gasteiger partial charge in [0.25, 0.3) is 5.91 Å². The summed E-state index contributed by atoms with van der Waals surface area (Å²) in [6.07, 6.45) is 3.70. The summed E-state index contributed by atoms with van der Waals surface area (Å²) in [6, 6.07) is 4.76. The first-order valence-electron chi connectivity index (χ1n) is 8.17. The van der Waals surface area contributed by atoms with Gasteiger partial charge in [0.1, 0.15) is 6.10 Å². The van der Waals surface area contributed by atoms with Crippen molar-refractivity contribution in [2.24, 2.45) is 0 Å². The van der Waals surface area contributed by atoms with Crippen molar-refractivity contribution in [2.75, 3.05) is 19.7 Å². The van der Waals surface area contributed by atoms with Gasteiger partial charge in [-0.25, -0.2) is 5.06 Å². The Kier molecular flexibility index (Phi) is 4.17. The van der Waals surface area contributed by atoms with Crippen molar-refractivity contribution in [1.82, 2.24) is 9.96 Å². The fourth-order valence-electron chi connectivity index (χ4n) is 3.78. The van der Waals surface area contributed by atoms with Crippen LogP contribution < -0.4 is 0 Å². The smallest absolute Gasteiger partial charge is 0.275 e. The van der Waals surface area contributed by atoms with Crippen LogP contribution in [0.4, 0.5) is 0 Å². The van der Waals surface area contributed by atoms with Crippen LogP contribution in [-0.4, -0.2) is 53.8 Å². The minimum absolute atomic E-state index is 0.0210. The molecule has 120 valence electrons. The number of hydrogen-bond donors (Lipinski definition) is 0. The number of carbonyl (C=O) groups is 1. The third kappa shape index (κ3) is 2.80. The lowest BCUT2D eigenvalue weighted by Crippen LogP contribution is -2.48. The van der Waals surface area contributed by atoms with Gasteiger partial charge in [-0.05, 0) is 37.1 Å². The summed E-state index contributed by atoms with van der Waals surface area (Å²) in [7, 11) is 0. The van der Waals surface area contributed by atoms with E-state index in [1.54, 1.807) is 0 Å². The van der Waals surface area contributed by atoms with Crippen LogP contribution in [0.1, 0.15) is 30.6 Å². The molecule has 5 nitrogen and oxygen atoms in total. The lowest BCUT2D eigenvalue weighted by Gasteiger charge is -2.36. The molecule has 22 heavy (non-hydrogen) atoms. The zero-order valence-corrected chi connectivity index (χ0v) is 13.5.